The second-order valence-corrected chi connectivity index (χ2v) is 5.78. The summed E-state index contributed by atoms with van der Waals surface area (Å²) >= 11 is 0. The Hall–Kier alpha value is -0.0800. The zero-order valence-corrected chi connectivity index (χ0v) is 10.6. The van der Waals surface area contributed by atoms with E-state index in [-0.39, 0.29) is 5.41 Å². The van der Waals surface area contributed by atoms with Crippen molar-refractivity contribution in [3.8, 4) is 0 Å². The molecule has 1 saturated carbocycles. The van der Waals surface area contributed by atoms with Crippen LogP contribution in [-0.4, -0.2) is 24.3 Å². The topological polar surface area (TPSA) is 32.3 Å². The van der Waals surface area contributed by atoms with Gasteiger partial charge in [0.1, 0.15) is 0 Å². The van der Waals surface area contributed by atoms with Crippen LogP contribution in [0.25, 0.3) is 0 Å². The number of aliphatic hydroxyl groups excluding tert-OH is 1. The van der Waals surface area contributed by atoms with E-state index >= 15 is 0 Å². The highest BCUT2D eigenvalue weighted by Crippen LogP contribution is 2.37. The Bertz CT molecular complexity index is 173. The van der Waals surface area contributed by atoms with Gasteiger partial charge in [-0.25, -0.2) is 0 Å². The fraction of sp³-hybridized carbons (Fsp3) is 1.00. The van der Waals surface area contributed by atoms with E-state index in [1.54, 1.807) is 0 Å². The Kier molecular flexibility index (Phi) is 5.07. The molecule has 0 saturated heterocycles. The molecular formula is C13H27NO. The molecule has 0 aliphatic heterocycles. The largest absolute Gasteiger partial charge is 0.396 e. The highest BCUT2D eigenvalue weighted by Gasteiger charge is 2.32. The monoisotopic (exact) mass is 213 g/mol. The summed E-state index contributed by atoms with van der Waals surface area (Å²) in [5, 5.41) is 13.1. The SMILES string of the molecule is CC(C)CC(C)NCC1(CO)CCCC1. The van der Waals surface area contributed by atoms with Crippen LogP contribution < -0.4 is 5.32 Å². The molecule has 0 radical (unpaired) electrons. The van der Waals surface area contributed by atoms with E-state index < -0.39 is 0 Å². The molecule has 2 N–H and O–H groups in total. The van der Waals surface area contributed by atoms with Gasteiger partial charge < -0.3 is 10.4 Å². The molecule has 0 aromatic rings. The average molecular weight is 213 g/mol. The molecule has 1 fully saturated rings. The summed E-state index contributed by atoms with van der Waals surface area (Å²) in [5.41, 5.74) is 0.200. The number of aliphatic hydroxyl groups is 1. The molecule has 1 aliphatic rings. The first-order chi connectivity index (χ1) is 7.08. The molecule has 1 rings (SSSR count). The average Bonchev–Trinajstić information content (AvgIpc) is 2.63. The van der Waals surface area contributed by atoms with Gasteiger partial charge in [-0.1, -0.05) is 26.7 Å². The van der Waals surface area contributed by atoms with Gasteiger partial charge in [-0.3, -0.25) is 0 Å². The highest BCUT2D eigenvalue weighted by molar-refractivity contribution is 4.86. The molecule has 15 heavy (non-hydrogen) atoms. The Morgan fingerprint density at radius 3 is 2.27 bits per heavy atom. The maximum absolute atomic E-state index is 9.47. The number of hydrogen-bond donors (Lipinski definition) is 2. The molecule has 0 bridgehead atoms. The number of nitrogens with one attached hydrogen (secondary N) is 1. The minimum Gasteiger partial charge on any atom is -0.396 e. The predicted octanol–water partition coefficient (Wildman–Crippen LogP) is 2.56. The molecule has 0 heterocycles. The maximum atomic E-state index is 9.47. The van der Waals surface area contributed by atoms with Crippen molar-refractivity contribution >= 4 is 0 Å². The van der Waals surface area contributed by atoms with E-state index in [2.05, 4.69) is 26.1 Å². The molecule has 0 spiro atoms. The third kappa shape index (κ3) is 4.12. The van der Waals surface area contributed by atoms with Crippen molar-refractivity contribution in [1.29, 1.82) is 0 Å². The maximum Gasteiger partial charge on any atom is 0.0499 e. The van der Waals surface area contributed by atoms with Crippen molar-refractivity contribution in [2.45, 2.75) is 58.9 Å². The first-order valence-electron chi connectivity index (χ1n) is 6.42. The smallest absolute Gasteiger partial charge is 0.0499 e. The lowest BCUT2D eigenvalue weighted by molar-refractivity contribution is 0.124. The molecule has 1 atom stereocenters. The molecule has 0 aromatic carbocycles. The molecule has 1 unspecified atom stereocenters. The minimum absolute atomic E-state index is 0.200. The third-order valence-electron chi connectivity index (χ3n) is 3.65. The van der Waals surface area contributed by atoms with E-state index in [1.165, 1.54) is 32.1 Å². The molecular weight excluding hydrogens is 186 g/mol. The summed E-state index contributed by atoms with van der Waals surface area (Å²) in [6.07, 6.45) is 6.21. The lowest BCUT2D eigenvalue weighted by atomic mass is 9.87. The summed E-state index contributed by atoms with van der Waals surface area (Å²) in [4.78, 5) is 0. The van der Waals surface area contributed by atoms with Crippen LogP contribution in [0.4, 0.5) is 0 Å². The van der Waals surface area contributed by atoms with Gasteiger partial charge in [-0.15, -0.1) is 0 Å². The zero-order valence-electron chi connectivity index (χ0n) is 10.6. The first kappa shape index (κ1) is 13.0. The summed E-state index contributed by atoms with van der Waals surface area (Å²) in [7, 11) is 0. The van der Waals surface area contributed by atoms with Crippen molar-refractivity contribution in [1.82, 2.24) is 5.32 Å². The van der Waals surface area contributed by atoms with Crippen molar-refractivity contribution in [3.63, 3.8) is 0 Å². The van der Waals surface area contributed by atoms with Crippen molar-refractivity contribution in [3.05, 3.63) is 0 Å². The van der Waals surface area contributed by atoms with Crippen LogP contribution in [0.15, 0.2) is 0 Å². The van der Waals surface area contributed by atoms with Crippen LogP contribution >= 0.6 is 0 Å². The van der Waals surface area contributed by atoms with Crippen LogP contribution in [0.3, 0.4) is 0 Å². The Balaban J connectivity index is 2.28. The summed E-state index contributed by atoms with van der Waals surface area (Å²) in [6, 6.07) is 0.578. The van der Waals surface area contributed by atoms with E-state index in [4.69, 9.17) is 0 Å². The summed E-state index contributed by atoms with van der Waals surface area (Å²) in [6.45, 7) is 8.12. The fourth-order valence-electron chi connectivity index (χ4n) is 2.70. The Labute approximate surface area is 94.5 Å². The van der Waals surface area contributed by atoms with Crippen LogP contribution in [0.1, 0.15) is 52.9 Å². The van der Waals surface area contributed by atoms with E-state index in [0.29, 0.717) is 12.6 Å². The minimum atomic E-state index is 0.200. The fourth-order valence-corrected chi connectivity index (χ4v) is 2.70. The van der Waals surface area contributed by atoms with Crippen LogP contribution in [0, 0.1) is 11.3 Å². The normalized spacial score (nSPS) is 22.2. The molecule has 90 valence electrons. The Morgan fingerprint density at radius 2 is 1.80 bits per heavy atom. The van der Waals surface area contributed by atoms with Gasteiger partial charge in [0.15, 0.2) is 0 Å². The van der Waals surface area contributed by atoms with Crippen molar-refractivity contribution in [2.24, 2.45) is 11.3 Å². The molecule has 0 aromatic heterocycles. The van der Waals surface area contributed by atoms with Gasteiger partial charge >= 0.3 is 0 Å². The van der Waals surface area contributed by atoms with Gasteiger partial charge in [0.05, 0.1) is 0 Å². The first-order valence-corrected chi connectivity index (χ1v) is 6.42. The number of rotatable bonds is 6. The van der Waals surface area contributed by atoms with Gasteiger partial charge in [0, 0.05) is 24.6 Å². The van der Waals surface area contributed by atoms with E-state index in [9.17, 15) is 5.11 Å². The quantitative estimate of drug-likeness (QED) is 0.711. The lowest BCUT2D eigenvalue weighted by Crippen LogP contribution is -2.39. The van der Waals surface area contributed by atoms with Gasteiger partial charge in [-0.2, -0.15) is 0 Å². The zero-order chi connectivity index (χ0) is 11.3. The van der Waals surface area contributed by atoms with Crippen LogP contribution in [0.5, 0.6) is 0 Å². The molecule has 2 nitrogen and oxygen atoms in total. The highest BCUT2D eigenvalue weighted by atomic mass is 16.3. The molecule has 1 aliphatic carbocycles. The summed E-state index contributed by atoms with van der Waals surface area (Å²) < 4.78 is 0. The second kappa shape index (κ2) is 5.86. The van der Waals surface area contributed by atoms with E-state index in [1.807, 2.05) is 0 Å². The van der Waals surface area contributed by atoms with Crippen LogP contribution in [0.2, 0.25) is 0 Å². The second-order valence-electron chi connectivity index (χ2n) is 5.78. The standard InChI is InChI=1S/C13H27NO/c1-11(2)8-12(3)14-9-13(10-15)6-4-5-7-13/h11-12,14-15H,4-10H2,1-3H3. The van der Waals surface area contributed by atoms with E-state index in [0.717, 1.165) is 12.5 Å². The predicted molar refractivity (Wildman–Crippen MR) is 64.9 cm³/mol. The third-order valence-corrected chi connectivity index (χ3v) is 3.65. The number of hydrogen-bond acceptors (Lipinski definition) is 2. The Morgan fingerprint density at radius 1 is 1.20 bits per heavy atom. The molecule has 2 heteroatoms. The lowest BCUT2D eigenvalue weighted by Gasteiger charge is -2.29. The van der Waals surface area contributed by atoms with Gasteiger partial charge in [0.2, 0.25) is 0 Å². The van der Waals surface area contributed by atoms with Crippen molar-refractivity contribution in [2.75, 3.05) is 13.2 Å². The van der Waals surface area contributed by atoms with Gasteiger partial charge in [-0.05, 0) is 32.1 Å². The van der Waals surface area contributed by atoms with Gasteiger partial charge in [0.25, 0.3) is 0 Å². The summed E-state index contributed by atoms with van der Waals surface area (Å²) in [5.74, 6) is 0.751. The molecule has 0 amide bonds. The van der Waals surface area contributed by atoms with Crippen molar-refractivity contribution < 1.29 is 5.11 Å². The van der Waals surface area contributed by atoms with Crippen LogP contribution in [-0.2, 0) is 0 Å².